The Morgan fingerprint density at radius 3 is 2.70 bits per heavy atom. The van der Waals surface area contributed by atoms with E-state index in [-0.39, 0.29) is 29.3 Å². The number of rotatable bonds is 4. The number of piperazine rings is 1. The molecule has 6 nitrogen and oxygen atoms in total. The van der Waals surface area contributed by atoms with Gasteiger partial charge in [-0.25, -0.2) is 9.97 Å². The lowest BCUT2D eigenvalue weighted by atomic mass is 10.1. The van der Waals surface area contributed by atoms with Crippen LogP contribution in [0.4, 0.5) is 0 Å². The standard InChI is InChI=1S/C13H19ClN4O2/c1-2-10(8-19)17-3-5-18(6-4-17)13(20)12-11(14)7-15-9-16-12/h7,9-10,19H,2-6,8H2,1H3. The van der Waals surface area contributed by atoms with Gasteiger partial charge in [-0.15, -0.1) is 0 Å². The molecule has 1 unspecified atom stereocenters. The molecule has 0 radical (unpaired) electrons. The maximum Gasteiger partial charge on any atom is 0.274 e. The highest BCUT2D eigenvalue weighted by atomic mass is 35.5. The summed E-state index contributed by atoms with van der Waals surface area (Å²) in [7, 11) is 0. The molecule has 1 saturated heterocycles. The van der Waals surface area contributed by atoms with E-state index >= 15 is 0 Å². The molecule has 0 aromatic carbocycles. The second-order valence-electron chi connectivity index (χ2n) is 4.79. The monoisotopic (exact) mass is 298 g/mol. The van der Waals surface area contributed by atoms with Crippen molar-refractivity contribution in [3.8, 4) is 0 Å². The number of aliphatic hydroxyl groups is 1. The largest absolute Gasteiger partial charge is 0.395 e. The molecule has 1 aromatic heterocycles. The molecule has 0 bridgehead atoms. The molecule has 0 aliphatic carbocycles. The van der Waals surface area contributed by atoms with E-state index in [1.54, 1.807) is 4.90 Å². The first kappa shape index (κ1) is 15.2. The van der Waals surface area contributed by atoms with Crippen LogP contribution in [0.2, 0.25) is 5.02 Å². The van der Waals surface area contributed by atoms with Gasteiger partial charge >= 0.3 is 0 Å². The molecule has 1 aromatic rings. The minimum atomic E-state index is -0.158. The number of amides is 1. The predicted molar refractivity (Wildman–Crippen MR) is 75.7 cm³/mol. The summed E-state index contributed by atoms with van der Waals surface area (Å²) in [5, 5.41) is 9.59. The lowest BCUT2D eigenvalue weighted by Crippen LogP contribution is -2.52. The lowest BCUT2D eigenvalue weighted by Gasteiger charge is -2.38. The molecule has 1 aliphatic heterocycles. The molecule has 2 rings (SSSR count). The van der Waals surface area contributed by atoms with Crippen molar-refractivity contribution >= 4 is 17.5 Å². The molecule has 1 N–H and O–H groups in total. The van der Waals surface area contributed by atoms with Crippen LogP contribution in [0.25, 0.3) is 0 Å². The smallest absolute Gasteiger partial charge is 0.274 e. The van der Waals surface area contributed by atoms with Crippen LogP contribution in [0, 0.1) is 0 Å². The number of carbonyl (C=O) groups is 1. The Bertz CT molecular complexity index is 459. The number of halogens is 1. The van der Waals surface area contributed by atoms with E-state index in [0.717, 1.165) is 19.5 Å². The fourth-order valence-corrected chi connectivity index (χ4v) is 2.60. The maximum absolute atomic E-state index is 12.3. The van der Waals surface area contributed by atoms with Crippen LogP contribution in [-0.2, 0) is 0 Å². The van der Waals surface area contributed by atoms with Crippen molar-refractivity contribution in [3.63, 3.8) is 0 Å². The summed E-state index contributed by atoms with van der Waals surface area (Å²) in [6.45, 7) is 4.97. The maximum atomic E-state index is 12.3. The average molecular weight is 299 g/mol. The van der Waals surface area contributed by atoms with E-state index in [2.05, 4.69) is 21.8 Å². The lowest BCUT2D eigenvalue weighted by molar-refractivity contribution is 0.0468. The molecular weight excluding hydrogens is 280 g/mol. The van der Waals surface area contributed by atoms with Crippen LogP contribution in [0.1, 0.15) is 23.8 Å². The van der Waals surface area contributed by atoms with E-state index in [0.29, 0.717) is 13.1 Å². The third-order valence-corrected chi connectivity index (χ3v) is 3.95. The number of aromatic nitrogens is 2. The molecule has 20 heavy (non-hydrogen) atoms. The first-order valence-electron chi connectivity index (χ1n) is 6.77. The zero-order chi connectivity index (χ0) is 14.5. The van der Waals surface area contributed by atoms with E-state index in [4.69, 9.17) is 11.6 Å². The zero-order valence-corrected chi connectivity index (χ0v) is 12.3. The van der Waals surface area contributed by atoms with Gasteiger partial charge in [-0.3, -0.25) is 9.69 Å². The van der Waals surface area contributed by atoms with Gasteiger partial charge in [-0.05, 0) is 6.42 Å². The second kappa shape index (κ2) is 6.97. The van der Waals surface area contributed by atoms with Crippen molar-refractivity contribution in [2.24, 2.45) is 0 Å². The number of hydrogen-bond acceptors (Lipinski definition) is 5. The number of carbonyl (C=O) groups excluding carboxylic acids is 1. The molecule has 110 valence electrons. The van der Waals surface area contributed by atoms with Crippen molar-refractivity contribution in [2.75, 3.05) is 32.8 Å². The molecule has 0 spiro atoms. The fourth-order valence-electron chi connectivity index (χ4n) is 2.41. The quantitative estimate of drug-likeness (QED) is 0.884. The Balaban J connectivity index is 1.97. The van der Waals surface area contributed by atoms with Gasteiger partial charge in [0.05, 0.1) is 11.6 Å². The van der Waals surface area contributed by atoms with E-state index in [1.807, 2.05) is 0 Å². The Hall–Kier alpha value is -1.24. The van der Waals surface area contributed by atoms with Crippen LogP contribution in [-0.4, -0.2) is 69.6 Å². The Kier molecular flexibility index (Phi) is 5.28. The highest BCUT2D eigenvalue weighted by molar-refractivity contribution is 6.33. The van der Waals surface area contributed by atoms with Crippen molar-refractivity contribution < 1.29 is 9.90 Å². The molecule has 0 saturated carbocycles. The summed E-state index contributed by atoms with van der Waals surface area (Å²) in [5.74, 6) is -0.158. The summed E-state index contributed by atoms with van der Waals surface area (Å²) in [5.41, 5.74) is 0.254. The fraction of sp³-hybridized carbons (Fsp3) is 0.615. The van der Waals surface area contributed by atoms with Gasteiger partial charge in [-0.2, -0.15) is 0 Å². The van der Waals surface area contributed by atoms with Crippen LogP contribution < -0.4 is 0 Å². The summed E-state index contributed by atoms with van der Waals surface area (Å²) in [4.78, 5) is 24.0. The van der Waals surface area contributed by atoms with Gasteiger partial charge in [0.1, 0.15) is 12.0 Å². The molecule has 1 aliphatic rings. The predicted octanol–water partition coefficient (Wildman–Crippen LogP) is 0.659. The van der Waals surface area contributed by atoms with Crippen LogP contribution in [0.5, 0.6) is 0 Å². The molecule has 1 amide bonds. The number of nitrogens with zero attached hydrogens (tertiary/aromatic N) is 4. The SMILES string of the molecule is CCC(CO)N1CCN(C(=O)c2ncncc2Cl)CC1. The summed E-state index contributed by atoms with van der Waals surface area (Å²) in [6.07, 6.45) is 3.66. The number of hydrogen-bond donors (Lipinski definition) is 1. The topological polar surface area (TPSA) is 69.6 Å². The Morgan fingerprint density at radius 1 is 1.45 bits per heavy atom. The van der Waals surface area contributed by atoms with Gasteiger partial charge in [0.2, 0.25) is 0 Å². The second-order valence-corrected chi connectivity index (χ2v) is 5.20. The van der Waals surface area contributed by atoms with E-state index in [9.17, 15) is 9.90 Å². The van der Waals surface area contributed by atoms with Crippen LogP contribution >= 0.6 is 11.6 Å². The first-order valence-corrected chi connectivity index (χ1v) is 7.14. The molecule has 1 fully saturated rings. The van der Waals surface area contributed by atoms with Gasteiger partial charge in [-0.1, -0.05) is 18.5 Å². The minimum absolute atomic E-state index is 0.155. The average Bonchev–Trinajstić information content (AvgIpc) is 2.49. The third kappa shape index (κ3) is 3.26. The van der Waals surface area contributed by atoms with Gasteiger partial charge in [0.25, 0.3) is 5.91 Å². The van der Waals surface area contributed by atoms with Crippen LogP contribution in [0.15, 0.2) is 12.5 Å². The van der Waals surface area contributed by atoms with Crippen molar-refractivity contribution in [2.45, 2.75) is 19.4 Å². The zero-order valence-electron chi connectivity index (χ0n) is 11.5. The van der Waals surface area contributed by atoms with Crippen LogP contribution in [0.3, 0.4) is 0 Å². The highest BCUT2D eigenvalue weighted by Gasteiger charge is 2.27. The summed E-state index contributed by atoms with van der Waals surface area (Å²) >= 11 is 5.95. The Morgan fingerprint density at radius 2 is 2.15 bits per heavy atom. The van der Waals surface area contributed by atoms with Gasteiger partial charge in [0.15, 0.2) is 0 Å². The molecule has 1 atom stereocenters. The third-order valence-electron chi connectivity index (χ3n) is 3.67. The first-order chi connectivity index (χ1) is 9.67. The van der Waals surface area contributed by atoms with E-state index in [1.165, 1.54) is 12.5 Å². The molecular formula is C13H19ClN4O2. The summed E-state index contributed by atoms with van der Waals surface area (Å²) in [6, 6.07) is 0.176. The van der Waals surface area contributed by atoms with Crippen molar-refractivity contribution in [1.82, 2.24) is 19.8 Å². The number of aliphatic hydroxyl groups excluding tert-OH is 1. The normalized spacial score (nSPS) is 18.1. The highest BCUT2D eigenvalue weighted by Crippen LogP contribution is 2.16. The minimum Gasteiger partial charge on any atom is -0.395 e. The van der Waals surface area contributed by atoms with Gasteiger partial charge in [0, 0.05) is 38.4 Å². The molecule has 7 heteroatoms. The molecule has 2 heterocycles. The van der Waals surface area contributed by atoms with Gasteiger partial charge < -0.3 is 10.0 Å². The summed E-state index contributed by atoms with van der Waals surface area (Å²) < 4.78 is 0. The van der Waals surface area contributed by atoms with Crippen molar-refractivity contribution in [3.05, 3.63) is 23.2 Å². The Labute approximate surface area is 123 Å². The van der Waals surface area contributed by atoms with E-state index < -0.39 is 0 Å². The van der Waals surface area contributed by atoms with Crippen molar-refractivity contribution in [1.29, 1.82) is 0 Å².